The summed E-state index contributed by atoms with van der Waals surface area (Å²) in [6, 6.07) is 0. The summed E-state index contributed by atoms with van der Waals surface area (Å²) in [6.45, 7) is 1.91. The van der Waals surface area contributed by atoms with E-state index in [4.69, 9.17) is 0 Å². The van der Waals surface area contributed by atoms with Gasteiger partial charge in [0.25, 0.3) is 0 Å². The average molecular weight is 216 g/mol. The van der Waals surface area contributed by atoms with Crippen molar-refractivity contribution in [3.8, 4) is 0 Å². The van der Waals surface area contributed by atoms with Crippen molar-refractivity contribution >= 4 is 23.5 Å². The second-order valence-corrected chi connectivity index (χ2v) is 3.84. The minimum absolute atomic E-state index is 0.245. The van der Waals surface area contributed by atoms with E-state index < -0.39 is 17.4 Å². The van der Waals surface area contributed by atoms with Gasteiger partial charge >= 0.3 is 5.97 Å². The third kappa shape index (κ3) is 2.59. The van der Waals surface area contributed by atoms with E-state index in [1.807, 2.05) is 0 Å². The van der Waals surface area contributed by atoms with Gasteiger partial charge in [0.15, 0.2) is 11.4 Å². The number of hydrogen-bond donors (Lipinski definition) is 1. The van der Waals surface area contributed by atoms with Gasteiger partial charge in [-0.3, -0.25) is 9.59 Å². The first-order valence-corrected chi connectivity index (χ1v) is 5.34. The van der Waals surface area contributed by atoms with Gasteiger partial charge in [-0.25, -0.2) is 0 Å². The molecule has 5 heteroatoms. The smallest absolute Gasteiger partial charge is 0.313 e. The molecule has 1 heterocycles. The molecule has 14 heavy (non-hydrogen) atoms. The number of aliphatic hydroxyl groups is 1. The number of ether oxygens (including phenoxy) is 1. The Bertz CT molecular complexity index is 274. The Balaban J connectivity index is 2.49. The molecule has 0 saturated carbocycles. The third-order valence-corrected chi connectivity index (χ3v) is 2.77. The number of ketones is 1. The van der Waals surface area contributed by atoms with Gasteiger partial charge < -0.3 is 9.84 Å². The van der Waals surface area contributed by atoms with Crippen LogP contribution in [0.2, 0.25) is 0 Å². The summed E-state index contributed by atoms with van der Waals surface area (Å²) in [5.74, 6) is -0.806. The largest absolute Gasteiger partial charge is 0.466 e. The van der Waals surface area contributed by atoms with E-state index in [2.05, 4.69) is 4.74 Å². The Morgan fingerprint density at radius 1 is 1.64 bits per heavy atom. The average Bonchev–Trinajstić information content (AvgIpc) is 2.54. The van der Waals surface area contributed by atoms with Gasteiger partial charge in [-0.2, -0.15) is 0 Å². The molecular formula is C9H12O4S. The molecule has 1 N–H and O–H groups in total. The highest BCUT2D eigenvalue weighted by Gasteiger charge is 2.36. The van der Waals surface area contributed by atoms with E-state index in [1.165, 1.54) is 17.8 Å². The van der Waals surface area contributed by atoms with Crippen LogP contribution in [0.15, 0.2) is 11.5 Å². The Morgan fingerprint density at radius 2 is 2.36 bits per heavy atom. The van der Waals surface area contributed by atoms with Crippen LogP contribution in [0.3, 0.4) is 0 Å². The Hall–Kier alpha value is -0.810. The van der Waals surface area contributed by atoms with E-state index in [0.29, 0.717) is 0 Å². The molecule has 1 aliphatic heterocycles. The summed E-state index contributed by atoms with van der Waals surface area (Å²) in [5, 5.41) is 11.4. The fourth-order valence-electron chi connectivity index (χ4n) is 1.05. The second-order valence-electron chi connectivity index (χ2n) is 2.94. The van der Waals surface area contributed by atoms with Crippen LogP contribution in [0.25, 0.3) is 0 Å². The first kappa shape index (κ1) is 11.3. The lowest BCUT2D eigenvalue weighted by atomic mass is 9.99. The molecule has 1 rings (SSSR count). The van der Waals surface area contributed by atoms with Crippen LogP contribution in [0.5, 0.6) is 0 Å². The van der Waals surface area contributed by atoms with Crippen LogP contribution >= 0.6 is 11.8 Å². The van der Waals surface area contributed by atoms with Crippen molar-refractivity contribution < 1.29 is 19.4 Å². The van der Waals surface area contributed by atoms with Crippen molar-refractivity contribution in [1.29, 1.82) is 0 Å². The minimum atomic E-state index is -1.47. The molecule has 1 aliphatic rings. The molecule has 0 aromatic carbocycles. The predicted molar refractivity (Wildman–Crippen MR) is 52.8 cm³/mol. The summed E-state index contributed by atoms with van der Waals surface area (Å²) in [5.41, 5.74) is -1.47. The van der Waals surface area contributed by atoms with Crippen molar-refractivity contribution in [2.75, 3.05) is 12.4 Å². The van der Waals surface area contributed by atoms with Gasteiger partial charge in [0.05, 0.1) is 6.61 Å². The topological polar surface area (TPSA) is 63.6 Å². The lowest BCUT2D eigenvalue weighted by Gasteiger charge is -2.16. The van der Waals surface area contributed by atoms with Crippen molar-refractivity contribution in [3.05, 3.63) is 11.5 Å². The SMILES string of the molecule is CCOC(=O)CC(=O)C1(O)C=CSC1. The number of esters is 1. The van der Waals surface area contributed by atoms with Crippen LogP contribution in [-0.2, 0) is 14.3 Å². The quantitative estimate of drug-likeness (QED) is 0.547. The van der Waals surface area contributed by atoms with Gasteiger partial charge in [0, 0.05) is 5.75 Å². The maximum absolute atomic E-state index is 11.4. The number of thioether (sulfide) groups is 1. The van der Waals surface area contributed by atoms with Crippen LogP contribution in [-0.4, -0.2) is 34.8 Å². The molecule has 0 radical (unpaired) electrons. The highest BCUT2D eigenvalue weighted by molar-refractivity contribution is 8.02. The van der Waals surface area contributed by atoms with E-state index in [0.717, 1.165) is 0 Å². The van der Waals surface area contributed by atoms with Gasteiger partial charge in [-0.15, -0.1) is 11.8 Å². The summed E-state index contributed by atoms with van der Waals surface area (Å²) >= 11 is 1.35. The molecular weight excluding hydrogens is 204 g/mol. The predicted octanol–water partition coefficient (Wildman–Crippen LogP) is 0.500. The van der Waals surface area contributed by atoms with Gasteiger partial charge in [0.2, 0.25) is 0 Å². The monoisotopic (exact) mass is 216 g/mol. The lowest BCUT2D eigenvalue weighted by molar-refractivity contribution is -0.148. The number of rotatable bonds is 4. The Kier molecular flexibility index (Phi) is 3.71. The van der Waals surface area contributed by atoms with Crippen LogP contribution in [0, 0.1) is 0 Å². The zero-order valence-corrected chi connectivity index (χ0v) is 8.67. The van der Waals surface area contributed by atoms with Gasteiger partial charge in [-0.1, -0.05) is 0 Å². The number of Topliss-reactive ketones (excluding diaryl/α,β-unsaturated/α-hetero) is 1. The Morgan fingerprint density at radius 3 is 2.86 bits per heavy atom. The fraction of sp³-hybridized carbons (Fsp3) is 0.556. The van der Waals surface area contributed by atoms with E-state index in [9.17, 15) is 14.7 Å². The van der Waals surface area contributed by atoms with Crippen LogP contribution in [0.4, 0.5) is 0 Å². The normalized spacial score (nSPS) is 25.0. The summed E-state index contributed by atoms with van der Waals surface area (Å²) in [6.07, 6.45) is 1.05. The standard InChI is InChI=1S/C9H12O4S/c1-2-13-8(11)5-7(10)9(12)3-4-14-6-9/h3-4,12H,2,5-6H2,1H3. The maximum atomic E-state index is 11.4. The van der Waals surface area contributed by atoms with E-state index in [1.54, 1.807) is 12.3 Å². The third-order valence-electron chi connectivity index (χ3n) is 1.84. The zero-order chi connectivity index (χ0) is 10.6. The highest BCUT2D eigenvalue weighted by Crippen LogP contribution is 2.26. The zero-order valence-electron chi connectivity index (χ0n) is 7.86. The summed E-state index contributed by atoms with van der Waals surface area (Å²) in [4.78, 5) is 22.4. The number of carbonyl (C=O) groups excluding carboxylic acids is 2. The molecule has 4 nitrogen and oxygen atoms in total. The Labute approximate surface area is 86.3 Å². The van der Waals surface area contributed by atoms with Gasteiger partial charge in [-0.05, 0) is 18.4 Å². The highest BCUT2D eigenvalue weighted by atomic mass is 32.2. The van der Waals surface area contributed by atoms with Crippen LogP contribution in [0.1, 0.15) is 13.3 Å². The van der Waals surface area contributed by atoms with Crippen molar-refractivity contribution in [1.82, 2.24) is 0 Å². The summed E-state index contributed by atoms with van der Waals surface area (Å²) in [7, 11) is 0. The first-order valence-electron chi connectivity index (χ1n) is 4.29. The minimum Gasteiger partial charge on any atom is -0.466 e. The molecule has 78 valence electrons. The van der Waals surface area contributed by atoms with E-state index >= 15 is 0 Å². The van der Waals surface area contributed by atoms with Crippen molar-refractivity contribution in [2.45, 2.75) is 18.9 Å². The lowest BCUT2D eigenvalue weighted by Crippen LogP contribution is -2.38. The molecule has 0 aromatic heterocycles. The van der Waals surface area contributed by atoms with E-state index in [-0.39, 0.29) is 18.8 Å². The van der Waals surface area contributed by atoms with Gasteiger partial charge in [0.1, 0.15) is 6.42 Å². The van der Waals surface area contributed by atoms with Crippen LogP contribution < -0.4 is 0 Å². The molecule has 0 bridgehead atoms. The second kappa shape index (κ2) is 4.61. The maximum Gasteiger partial charge on any atom is 0.313 e. The molecule has 0 fully saturated rings. The number of hydrogen-bond acceptors (Lipinski definition) is 5. The first-order chi connectivity index (χ1) is 6.58. The summed E-state index contributed by atoms with van der Waals surface area (Å²) < 4.78 is 4.62. The van der Waals surface area contributed by atoms with Crippen molar-refractivity contribution in [2.24, 2.45) is 0 Å². The van der Waals surface area contributed by atoms with Crippen molar-refractivity contribution in [3.63, 3.8) is 0 Å². The molecule has 0 amide bonds. The molecule has 1 unspecified atom stereocenters. The fourth-order valence-corrected chi connectivity index (χ4v) is 1.98. The molecule has 0 saturated heterocycles. The molecule has 0 aromatic rings. The molecule has 0 spiro atoms. The number of carbonyl (C=O) groups is 2. The molecule has 0 aliphatic carbocycles. The molecule has 1 atom stereocenters.